The first-order chi connectivity index (χ1) is 14.1. The second kappa shape index (κ2) is 8.33. The van der Waals surface area contributed by atoms with Crippen molar-refractivity contribution in [2.45, 2.75) is 13.5 Å². The van der Waals surface area contributed by atoms with Gasteiger partial charge in [0.1, 0.15) is 18.1 Å². The maximum absolute atomic E-state index is 12.3. The summed E-state index contributed by atoms with van der Waals surface area (Å²) in [5.74, 6) is 0.186. The molecule has 0 fully saturated rings. The molecular weight excluding hydrogens is 386 g/mol. The molecule has 3 aromatic rings. The van der Waals surface area contributed by atoms with Crippen LogP contribution in [0.1, 0.15) is 22.3 Å². The van der Waals surface area contributed by atoms with Gasteiger partial charge in [0, 0.05) is 16.1 Å². The number of para-hydroxylation sites is 1. The molecule has 0 aliphatic carbocycles. The number of benzene rings is 3. The van der Waals surface area contributed by atoms with Crippen LogP contribution in [0.5, 0.6) is 5.75 Å². The molecule has 3 aromatic carbocycles. The van der Waals surface area contributed by atoms with E-state index in [2.05, 4.69) is 5.16 Å². The Labute approximate surface area is 174 Å². The van der Waals surface area contributed by atoms with Crippen molar-refractivity contribution in [2.24, 2.45) is 5.16 Å². The minimum absolute atomic E-state index is 0.390. The molecule has 0 bridgehead atoms. The van der Waals surface area contributed by atoms with Crippen molar-refractivity contribution in [1.29, 1.82) is 0 Å². The summed E-state index contributed by atoms with van der Waals surface area (Å²) in [4.78, 5) is 17.2. The molecular formula is C24H18ClNO3. The van der Waals surface area contributed by atoms with Gasteiger partial charge in [-0.3, -0.25) is 0 Å². The van der Waals surface area contributed by atoms with Crippen LogP contribution < -0.4 is 4.74 Å². The molecule has 0 amide bonds. The highest BCUT2D eigenvalue weighted by atomic mass is 35.5. The largest absolute Gasteiger partial charge is 0.488 e. The molecule has 1 aliphatic rings. The number of halogens is 1. The predicted octanol–water partition coefficient (Wildman–Crippen LogP) is 5.57. The van der Waals surface area contributed by atoms with Gasteiger partial charge in [-0.25, -0.2) is 4.79 Å². The zero-order valence-electron chi connectivity index (χ0n) is 15.8. The summed E-state index contributed by atoms with van der Waals surface area (Å²) >= 11 is 5.93. The number of hydrogen-bond donors (Lipinski definition) is 0. The lowest BCUT2D eigenvalue weighted by Gasteiger charge is -2.10. The van der Waals surface area contributed by atoms with Crippen LogP contribution in [-0.2, 0) is 16.2 Å². The summed E-state index contributed by atoms with van der Waals surface area (Å²) in [6.07, 6.45) is 1.76. The normalized spacial score (nSPS) is 14.6. The number of hydrogen-bond acceptors (Lipinski definition) is 4. The first-order valence-corrected chi connectivity index (χ1v) is 9.53. The molecule has 0 unspecified atom stereocenters. The van der Waals surface area contributed by atoms with Gasteiger partial charge in [0.15, 0.2) is 0 Å². The van der Waals surface area contributed by atoms with Crippen molar-refractivity contribution < 1.29 is 14.4 Å². The lowest BCUT2D eigenvalue weighted by molar-refractivity contribution is -0.136. The van der Waals surface area contributed by atoms with E-state index < -0.39 is 5.97 Å². The van der Waals surface area contributed by atoms with Crippen LogP contribution in [0.25, 0.3) is 6.08 Å². The zero-order valence-corrected chi connectivity index (χ0v) is 16.5. The number of oxime groups is 1. The molecule has 1 aliphatic heterocycles. The fourth-order valence-corrected chi connectivity index (χ4v) is 3.08. The first-order valence-electron chi connectivity index (χ1n) is 9.15. The van der Waals surface area contributed by atoms with Crippen LogP contribution in [0, 0.1) is 6.92 Å². The van der Waals surface area contributed by atoms with Gasteiger partial charge in [-0.1, -0.05) is 76.9 Å². The molecule has 0 radical (unpaired) electrons. The van der Waals surface area contributed by atoms with Gasteiger partial charge in [0.2, 0.25) is 0 Å². The van der Waals surface area contributed by atoms with Gasteiger partial charge in [-0.2, -0.15) is 0 Å². The average Bonchev–Trinajstić information content (AvgIpc) is 3.09. The zero-order chi connectivity index (χ0) is 20.2. The van der Waals surface area contributed by atoms with Crippen molar-refractivity contribution in [1.82, 2.24) is 0 Å². The average molecular weight is 404 g/mol. The van der Waals surface area contributed by atoms with Gasteiger partial charge in [0.05, 0.1) is 5.57 Å². The molecule has 1 heterocycles. The molecule has 0 N–H and O–H groups in total. The van der Waals surface area contributed by atoms with Crippen LogP contribution in [0.2, 0.25) is 5.02 Å². The molecule has 4 rings (SSSR count). The summed E-state index contributed by atoms with van der Waals surface area (Å²) in [6, 6.07) is 22.8. The molecule has 0 saturated heterocycles. The third kappa shape index (κ3) is 4.39. The number of carbonyl (C=O) groups excluding carboxylic acids is 1. The molecule has 0 aromatic heterocycles. The highest BCUT2D eigenvalue weighted by Gasteiger charge is 2.27. The monoisotopic (exact) mass is 403 g/mol. The minimum Gasteiger partial charge on any atom is -0.488 e. The minimum atomic E-state index is -0.479. The van der Waals surface area contributed by atoms with Crippen molar-refractivity contribution in [3.8, 4) is 5.75 Å². The molecule has 5 heteroatoms. The second-order valence-electron chi connectivity index (χ2n) is 6.70. The topological polar surface area (TPSA) is 47.9 Å². The van der Waals surface area contributed by atoms with Crippen LogP contribution in [0.15, 0.2) is 83.5 Å². The SMILES string of the molecule is Cc1ccc(C2=NOC(=O)/C2=C\c2ccccc2OCc2ccc(Cl)cc2)cc1. The van der Waals surface area contributed by atoms with E-state index in [0.717, 1.165) is 22.3 Å². The molecule has 0 saturated carbocycles. The van der Waals surface area contributed by atoms with E-state index in [4.69, 9.17) is 21.2 Å². The third-order valence-corrected chi connectivity index (χ3v) is 4.80. The Morgan fingerprint density at radius 3 is 2.48 bits per heavy atom. The smallest absolute Gasteiger partial charge is 0.368 e. The Kier molecular flexibility index (Phi) is 5.45. The van der Waals surface area contributed by atoms with Crippen molar-refractivity contribution in [3.63, 3.8) is 0 Å². The standard InChI is InChI=1S/C24H18ClNO3/c1-16-6-10-18(11-7-16)23-21(24(27)29-26-23)14-19-4-2-3-5-22(19)28-15-17-8-12-20(25)13-9-17/h2-14H,15H2,1H3/b21-14-. The van der Waals surface area contributed by atoms with Crippen LogP contribution in [0.4, 0.5) is 0 Å². The van der Waals surface area contributed by atoms with Gasteiger partial charge in [0.25, 0.3) is 0 Å². The lowest BCUT2D eigenvalue weighted by Crippen LogP contribution is -2.07. The summed E-state index contributed by atoms with van der Waals surface area (Å²) in [5, 5.41) is 4.65. The summed E-state index contributed by atoms with van der Waals surface area (Å²) < 4.78 is 5.99. The van der Waals surface area contributed by atoms with E-state index in [-0.39, 0.29) is 0 Å². The number of rotatable bonds is 5. The maximum Gasteiger partial charge on any atom is 0.368 e. The van der Waals surface area contributed by atoms with E-state index in [9.17, 15) is 4.79 Å². The third-order valence-electron chi connectivity index (χ3n) is 4.55. The van der Waals surface area contributed by atoms with Gasteiger partial charge in [-0.05, 0) is 36.8 Å². The summed E-state index contributed by atoms with van der Waals surface area (Å²) in [5.41, 5.74) is 4.64. The Bertz CT molecular complexity index is 1100. The van der Waals surface area contributed by atoms with Crippen LogP contribution in [-0.4, -0.2) is 11.7 Å². The van der Waals surface area contributed by atoms with Crippen molar-refractivity contribution in [2.75, 3.05) is 0 Å². The van der Waals surface area contributed by atoms with E-state index in [1.807, 2.05) is 79.7 Å². The number of nitrogens with zero attached hydrogens (tertiary/aromatic N) is 1. The first kappa shape index (κ1) is 19.0. The van der Waals surface area contributed by atoms with Gasteiger partial charge < -0.3 is 9.57 Å². The Hall–Kier alpha value is -3.37. The fourth-order valence-electron chi connectivity index (χ4n) is 2.96. The van der Waals surface area contributed by atoms with Crippen LogP contribution >= 0.6 is 11.6 Å². The molecule has 29 heavy (non-hydrogen) atoms. The van der Waals surface area contributed by atoms with Gasteiger partial charge in [-0.15, -0.1) is 0 Å². The van der Waals surface area contributed by atoms with E-state index >= 15 is 0 Å². The molecule has 144 valence electrons. The van der Waals surface area contributed by atoms with E-state index in [1.54, 1.807) is 6.08 Å². The number of ether oxygens (including phenoxy) is 1. The molecule has 0 atom stereocenters. The molecule has 0 spiro atoms. The lowest BCUT2D eigenvalue weighted by atomic mass is 9.99. The molecule has 4 nitrogen and oxygen atoms in total. The fraction of sp³-hybridized carbons (Fsp3) is 0.0833. The number of aryl methyl sites for hydroxylation is 1. The van der Waals surface area contributed by atoms with E-state index in [1.165, 1.54) is 0 Å². The Balaban J connectivity index is 1.61. The quantitative estimate of drug-likeness (QED) is 0.413. The van der Waals surface area contributed by atoms with E-state index in [0.29, 0.717) is 28.7 Å². The van der Waals surface area contributed by atoms with Crippen molar-refractivity contribution >= 4 is 29.4 Å². The Morgan fingerprint density at radius 2 is 1.72 bits per heavy atom. The highest BCUT2D eigenvalue weighted by molar-refractivity contribution is 6.31. The highest BCUT2D eigenvalue weighted by Crippen LogP contribution is 2.26. The van der Waals surface area contributed by atoms with Gasteiger partial charge >= 0.3 is 5.97 Å². The van der Waals surface area contributed by atoms with Crippen LogP contribution in [0.3, 0.4) is 0 Å². The maximum atomic E-state index is 12.3. The van der Waals surface area contributed by atoms with Crippen molar-refractivity contribution in [3.05, 3.63) is 106 Å². The Morgan fingerprint density at radius 1 is 1.00 bits per heavy atom. The summed E-state index contributed by atoms with van der Waals surface area (Å²) in [6.45, 7) is 2.40. The predicted molar refractivity (Wildman–Crippen MR) is 114 cm³/mol. The summed E-state index contributed by atoms with van der Waals surface area (Å²) in [7, 11) is 0. The number of carbonyl (C=O) groups is 1. The second-order valence-corrected chi connectivity index (χ2v) is 7.13.